The van der Waals surface area contributed by atoms with Crippen molar-refractivity contribution in [3.63, 3.8) is 0 Å². The highest BCUT2D eigenvalue weighted by Crippen LogP contribution is 1.81. The van der Waals surface area contributed by atoms with Crippen LogP contribution >= 0.6 is 11.6 Å². The molecule has 0 radical (unpaired) electrons. The van der Waals surface area contributed by atoms with Crippen LogP contribution in [0.1, 0.15) is 0 Å². The third-order valence-corrected chi connectivity index (χ3v) is 0.526. The molecule has 8 heavy (non-hydrogen) atoms. The van der Waals surface area contributed by atoms with Crippen molar-refractivity contribution in [3.8, 4) is 0 Å². The summed E-state index contributed by atoms with van der Waals surface area (Å²) in [6.45, 7) is 0.0217. The summed E-state index contributed by atoms with van der Waals surface area (Å²) in [6.07, 6.45) is 0. The summed E-state index contributed by atoms with van der Waals surface area (Å²) in [7, 11) is 1.47. The van der Waals surface area contributed by atoms with Crippen molar-refractivity contribution in [1.82, 2.24) is 0 Å². The second kappa shape index (κ2) is 5.03. The quantitative estimate of drug-likeness (QED) is 0.320. The molecule has 0 rings (SSSR count). The van der Waals surface area contributed by atoms with Crippen LogP contribution in [0.25, 0.3) is 0 Å². The fourth-order valence-corrected chi connectivity index (χ4v) is 0.282. The molecule has 0 amide bonds. The maximum absolute atomic E-state index is 9.90. The third-order valence-electron chi connectivity index (χ3n) is 0.417. The molecule has 0 aliphatic rings. The van der Waals surface area contributed by atoms with Gasteiger partial charge in [-0.1, -0.05) is 0 Å². The van der Waals surface area contributed by atoms with E-state index in [1.54, 1.807) is 0 Å². The van der Waals surface area contributed by atoms with Crippen LogP contribution in [0.3, 0.4) is 0 Å². The summed E-state index contributed by atoms with van der Waals surface area (Å²) in [5.41, 5.74) is 0. The van der Waals surface area contributed by atoms with Gasteiger partial charge in [-0.3, -0.25) is 4.79 Å². The molecule has 0 aromatic rings. The van der Waals surface area contributed by atoms with Gasteiger partial charge in [0.1, 0.15) is 13.4 Å². The predicted octanol–water partition coefficient (Wildman–Crippen LogP) is 0.372. The molecule has 0 aliphatic carbocycles. The zero-order chi connectivity index (χ0) is 6.41. The Bertz CT molecular complexity index is 73.7. The number of carbonyl (C=O) groups is 1. The minimum atomic E-state index is -0.512. The minimum absolute atomic E-state index is 0.0879. The Morgan fingerprint density at radius 1 is 1.75 bits per heavy atom. The van der Waals surface area contributed by atoms with Crippen LogP contribution in [0.15, 0.2) is 0 Å². The van der Waals surface area contributed by atoms with Crippen molar-refractivity contribution in [1.29, 1.82) is 0 Å². The monoisotopic (exact) mass is 138 g/mol. The van der Waals surface area contributed by atoms with Crippen molar-refractivity contribution in [2.75, 3.05) is 20.5 Å². The predicted molar refractivity (Wildman–Crippen MR) is 28.7 cm³/mol. The fourth-order valence-electron chi connectivity index (χ4n) is 0.205. The largest absolute Gasteiger partial charge is 0.359 e. The molecule has 48 valence electrons. The van der Waals surface area contributed by atoms with Crippen molar-refractivity contribution >= 4 is 16.8 Å². The van der Waals surface area contributed by atoms with Gasteiger partial charge >= 0.3 is 0 Å². The normalized spacial score (nSPS) is 9.25. The zero-order valence-electron chi connectivity index (χ0n) is 4.52. The lowest BCUT2D eigenvalue weighted by atomic mass is 10.8. The molecular weight excluding hydrogens is 131 g/mol. The van der Waals surface area contributed by atoms with Crippen molar-refractivity contribution < 1.29 is 14.3 Å². The number of hydrogen-bond acceptors (Lipinski definition) is 3. The van der Waals surface area contributed by atoms with E-state index in [1.165, 1.54) is 7.11 Å². The molecular formula is C4H7ClO3. The second-order valence-corrected chi connectivity index (χ2v) is 1.53. The number of ether oxygens (including phenoxy) is 2. The highest BCUT2D eigenvalue weighted by molar-refractivity contribution is 6.63. The maximum atomic E-state index is 9.90. The Balaban J connectivity index is 2.82. The lowest BCUT2D eigenvalue weighted by Gasteiger charge is -1.95. The summed E-state index contributed by atoms with van der Waals surface area (Å²) < 4.78 is 9.00. The zero-order valence-corrected chi connectivity index (χ0v) is 5.27. The highest BCUT2D eigenvalue weighted by atomic mass is 35.5. The van der Waals surface area contributed by atoms with Gasteiger partial charge in [0.25, 0.3) is 0 Å². The summed E-state index contributed by atoms with van der Waals surface area (Å²) >= 11 is 4.89. The first kappa shape index (κ1) is 7.88. The van der Waals surface area contributed by atoms with Gasteiger partial charge in [0.05, 0.1) is 0 Å². The average Bonchev–Trinajstić information content (AvgIpc) is 1.66. The van der Waals surface area contributed by atoms with Crippen molar-refractivity contribution in [2.45, 2.75) is 0 Å². The Kier molecular flexibility index (Phi) is 4.95. The Labute approximate surface area is 52.5 Å². The van der Waals surface area contributed by atoms with E-state index in [0.29, 0.717) is 0 Å². The average molecular weight is 139 g/mol. The van der Waals surface area contributed by atoms with Gasteiger partial charge in [0, 0.05) is 7.11 Å². The van der Waals surface area contributed by atoms with E-state index in [-0.39, 0.29) is 13.4 Å². The second-order valence-electron chi connectivity index (χ2n) is 1.11. The van der Waals surface area contributed by atoms with Crippen LogP contribution in [-0.2, 0) is 14.3 Å². The van der Waals surface area contributed by atoms with Crippen LogP contribution in [0, 0.1) is 0 Å². The molecule has 0 atom stereocenters. The Hall–Kier alpha value is -0.120. The van der Waals surface area contributed by atoms with Gasteiger partial charge in [-0.05, 0) is 11.6 Å². The Morgan fingerprint density at radius 3 is 2.75 bits per heavy atom. The highest BCUT2D eigenvalue weighted by Gasteiger charge is 1.92. The van der Waals surface area contributed by atoms with E-state index < -0.39 is 5.24 Å². The fraction of sp³-hybridized carbons (Fsp3) is 0.750. The molecule has 0 saturated heterocycles. The number of methoxy groups -OCH3 is 1. The smallest absolute Gasteiger partial charge is 0.247 e. The van der Waals surface area contributed by atoms with Crippen molar-refractivity contribution in [2.24, 2.45) is 0 Å². The first-order chi connectivity index (χ1) is 3.77. The molecule has 0 heterocycles. The van der Waals surface area contributed by atoms with Crippen molar-refractivity contribution in [3.05, 3.63) is 0 Å². The number of halogens is 1. The third kappa shape index (κ3) is 5.88. The lowest BCUT2D eigenvalue weighted by Crippen LogP contribution is -2.03. The van der Waals surface area contributed by atoms with E-state index in [1.807, 2.05) is 0 Å². The van der Waals surface area contributed by atoms with Crippen LogP contribution in [0.2, 0.25) is 0 Å². The maximum Gasteiger partial charge on any atom is 0.247 e. The molecule has 0 spiro atoms. The molecule has 3 nitrogen and oxygen atoms in total. The van der Waals surface area contributed by atoms with Crippen LogP contribution < -0.4 is 0 Å². The summed E-state index contributed by atoms with van der Waals surface area (Å²) in [5.74, 6) is 0. The molecule has 0 saturated carbocycles. The van der Waals surface area contributed by atoms with E-state index in [9.17, 15) is 4.79 Å². The van der Waals surface area contributed by atoms with Gasteiger partial charge < -0.3 is 9.47 Å². The summed E-state index contributed by atoms with van der Waals surface area (Å²) in [5, 5.41) is -0.512. The minimum Gasteiger partial charge on any atom is -0.359 e. The van der Waals surface area contributed by atoms with Gasteiger partial charge in [-0.2, -0.15) is 0 Å². The molecule has 0 aromatic carbocycles. The summed E-state index contributed by atoms with van der Waals surface area (Å²) in [6, 6.07) is 0. The van der Waals surface area contributed by atoms with Gasteiger partial charge in [-0.25, -0.2) is 0 Å². The SMILES string of the molecule is COCOCC(=O)Cl. The lowest BCUT2D eigenvalue weighted by molar-refractivity contribution is -0.120. The standard InChI is InChI=1S/C4H7ClO3/c1-7-3-8-2-4(5)6/h2-3H2,1H3. The number of rotatable bonds is 4. The molecule has 0 unspecified atom stereocenters. The van der Waals surface area contributed by atoms with Crippen LogP contribution in [0.5, 0.6) is 0 Å². The molecule has 0 bridgehead atoms. The number of hydrogen-bond donors (Lipinski definition) is 0. The van der Waals surface area contributed by atoms with E-state index in [0.717, 1.165) is 0 Å². The number of carbonyl (C=O) groups excluding carboxylic acids is 1. The van der Waals surface area contributed by atoms with Crippen LogP contribution in [-0.4, -0.2) is 25.8 Å². The molecule has 4 heteroatoms. The molecule has 0 N–H and O–H groups in total. The van der Waals surface area contributed by atoms with E-state index in [4.69, 9.17) is 11.6 Å². The molecule has 0 fully saturated rings. The van der Waals surface area contributed by atoms with Crippen LogP contribution in [0.4, 0.5) is 0 Å². The topological polar surface area (TPSA) is 35.5 Å². The van der Waals surface area contributed by atoms with Gasteiger partial charge in [0.2, 0.25) is 5.24 Å². The molecule has 0 aromatic heterocycles. The Morgan fingerprint density at radius 2 is 2.38 bits per heavy atom. The first-order valence-electron chi connectivity index (χ1n) is 2.02. The molecule has 0 aliphatic heterocycles. The first-order valence-corrected chi connectivity index (χ1v) is 2.40. The van der Waals surface area contributed by atoms with E-state index >= 15 is 0 Å². The van der Waals surface area contributed by atoms with Gasteiger partial charge in [-0.15, -0.1) is 0 Å². The summed E-state index contributed by atoms with van der Waals surface area (Å²) in [4.78, 5) is 9.90. The van der Waals surface area contributed by atoms with E-state index in [2.05, 4.69) is 9.47 Å². The van der Waals surface area contributed by atoms with Gasteiger partial charge in [0.15, 0.2) is 0 Å².